The van der Waals surface area contributed by atoms with Gasteiger partial charge in [-0.3, -0.25) is 0 Å². The number of carboxylic acids is 1. The van der Waals surface area contributed by atoms with Crippen LogP contribution in [0.4, 0.5) is 10.5 Å². The second-order valence-electron chi connectivity index (χ2n) is 3.78. The van der Waals surface area contributed by atoms with Crippen LogP contribution in [0.5, 0.6) is 0 Å². The van der Waals surface area contributed by atoms with Gasteiger partial charge in [0.05, 0.1) is 11.8 Å². The van der Waals surface area contributed by atoms with Gasteiger partial charge in [0.2, 0.25) is 0 Å². The molecule has 0 heterocycles. The van der Waals surface area contributed by atoms with Gasteiger partial charge in [0.15, 0.2) is 6.04 Å². The van der Waals surface area contributed by atoms with Crippen LogP contribution in [-0.4, -0.2) is 34.4 Å². The Hall–Kier alpha value is -1.06. The van der Waals surface area contributed by atoms with Gasteiger partial charge in [-0.1, -0.05) is 11.6 Å². The summed E-state index contributed by atoms with van der Waals surface area (Å²) in [6.45, 7) is 1.28. The highest BCUT2D eigenvalue weighted by molar-refractivity contribution is 14.1. The number of anilines is 1. The third-order valence-electron chi connectivity index (χ3n) is 2.21. The van der Waals surface area contributed by atoms with Crippen molar-refractivity contribution in [1.29, 1.82) is 0 Å². The van der Waals surface area contributed by atoms with E-state index in [2.05, 4.69) is 10.6 Å². The van der Waals surface area contributed by atoms with Crippen LogP contribution in [0, 0.1) is 3.57 Å². The molecule has 0 bridgehead atoms. The summed E-state index contributed by atoms with van der Waals surface area (Å²) < 4.78 is 0.712. The lowest BCUT2D eigenvalue weighted by molar-refractivity contribution is -0.141. The van der Waals surface area contributed by atoms with Crippen LogP contribution in [0.3, 0.4) is 0 Å². The molecule has 0 aliphatic carbocycles. The maximum Gasteiger partial charge on any atom is 0.328 e. The van der Waals surface area contributed by atoms with E-state index in [0.717, 1.165) is 0 Å². The van der Waals surface area contributed by atoms with Crippen molar-refractivity contribution in [2.45, 2.75) is 19.1 Å². The number of urea groups is 1. The van der Waals surface area contributed by atoms with Gasteiger partial charge in [0.1, 0.15) is 0 Å². The van der Waals surface area contributed by atoms with Gasteiger partial charge in [0.25, 0.3) is 0 Å². The molecule has 2 unspecified atom stereocenters. The van der Waals surface area contributed by atoms with E-state index in [1.807, 2.05) is 22.6 Å². The van der Waals surface area contributed by atoms with Crippen molar-refractivity contribution in [3.8, 4) is 0 Å². The zero-order chi connectivity index (χ0) is 14.6. The number of benzene rings is 1. The summed E-state index contributed by atoms with van der Waals surface area (Å²) >= 11 is 7.76. The minimum Gasteiger partial charge on any atom is -0.480 e. The molecule has 1 aromatic rings. The first-order valence-electron chi connectivity index (χ1n) is 5.24. The lowest BCUT2D eigenvalue weighted by Crippen LogP contribution is -2.49. The molecule has 0 aliphatic rings. The van der Waals surface area contributed by atoms with E-state index in [0.29, 0.717) is 14.3 Å². The van der Waals surface area contributed by atoms with E-state index in [4.69, 9.17) is 16.7 Å². The number of carboxylic acid groups (broad SMARTS) is 1. The molecule has 19 heavy (non-hydrogen) atoms. The summed E-state index contributed by atoms with van der Waals surface area (Å²) in [6.07, 6.45) is -1.20. The third-order valence-corrected chi connectivity index (χ3v) is 3.34. The number of aliphatic hydroxyl groups excluding tert-OH is 1. The summed E-state index contributed by atoms with van der Waals surface area (Å²) in [5.41, 5.74) is 0.497. The molecule has 0 radical (unpaired) electrons. The summed E-state index contributed by atoms with van der Waals surface area (Å²) in [4.78, 5) is 22.5. The minimum atomic E-state index is -1.37. The van der Waals surface area contributed by atoms with E-state index >= 15 is 0 Å². The summed E-state index contributed by atoms with van der Waals surface area (Å²) in [5, 5.41) is 23.3. The number of hydrogen-bond donors (Lipinski definition) is 4. The number of carbonyl (C=O) groups excluding carboxylic acids is 1. The highest BCUT2D eigenvalue weighted by atomic mass is 127. The number of aliphatic hydroxyl groups is 1. The van der Waals surface area contributed by atoms with Crippen molar-refractivity contribution in [1.82, 2.24) is 5.32 Å². The van der Waals surface area contributed by atoms with E-state index in [1.165, 1.54) is 6.92 Å². The molecule has 0 spiro atoms. The monoisotopic (exact) mass is 398 g/mol. The van der Waals surface area contributed by atoms with Gasteiger partial charge in [0, 0.05) is 8.59 Å². The Morgan fingerprint density at radius 2 is 2.05 bits per heavy atom. The Morgan fingerprint density at radius 1 is 1.42 bits per heavy atom. The van der Waals surface area contributed by atoms with Gasteiger partial charge in [-0.05, 0) is 47.7 Å². The highest BCUT2D eigenvalue weighted by Crippen LogP contribution is 2.22. The van der Waals surface area contributed by atoms with Crippen molar-refractivity contribution in [3.63, 3.8) is 0 Å². The Bertz CT molecular complexity index is 496. The van der Waals surface area contributed by atoms with Crippen molar-refractivity contribution in [2.75, 3.05) is 5.32 Å². The standard InChI is InChI=1S/C11H12ClIN2O4/c1-5(16)9(10(17)18)15-11(19)14-8-3-2-6(12)4-7(8)13/h2-5,9,16H,1H3,(H,17,18)(H2,14,15,19). The average molecular weight is 399 g/mol. The fraction of sp³-hybridized carbons (Fsp3) is 0.273. The molecule has 2 atom stereocenters. The van der Waals surface area contributed by atoms with E-state index in [1.54, 1.807) is 18.2 Å². The van der Waals surface area contributed by atoms with Crippen molar-refractivity contribution in [3.05, 3.63) is 26.8 Å². The van der Waals surface area contributed by atoms with Crippen molar-refractivity contribution in [2.24, 2.45) is 0 Å². The fourth-order valence-electron chi connectivity index (χ4n) is 1.28. The van der Waals surface area contributed by atoms with Crippen LogP contribution >= 0.6 is 34.2 Å². The van der Waals surface area contributed by atoms with E-state index in [-0.39, 0.29) is 0 Å². The normalized spacial score (nSPS) is 13.5. The topological polar surface area (TPSA) is 98.7 Å². The van der Waals surface area contributed by atoms with Crippen LogP contribution in [0.25, 0.3) is 0 Å². The number of halogens is 2. The van der Waals surface area contributed by atoms with Gasteiger partial charge < -0.3 is 20.8 Å². The molecule has 0 aliphatic heterocycles. The smallest absolute Gasteiger partial charge is 0.328 e. The van der Waals surface area contributed by atoms with Gasteiger partial charge in [-0.25, -0.2) is 9.59 Å². The van der Waals surface area contributed by atoms with Crippen LogP contribution in [0.1, 0.15) is 6.92 Å². The molecule has 0 saturated heterocycles. The van der Waals surface area contributed by atoms with Crippen LogP contribution in [0.15, 0.2) is 18.2 Å². The third kappa shape index (κ3) is 4.84. The Morgan fingerprint density at radius 3 is 2.53 bits per heavy atom. The number of hydrogen-bond acceptors (Lipinski definition) is 3. The zero-order valence-corrected chi connectivity index (χ0v) is 12.8. The fourth-order valence-corrected chi connectivity index (χ4v) is 2.29. The molecule has 104 valence electrons. The average Bonchev–Trinajstić information content (AvgIpc) is 2.29. The Balaban J connectivity index is 2.72. The number of nitrogens with one attached hydrogen (secondary N) is 2. The molecule has 0 aromatic heterocycles. The second kappa shape index (κ2) is 6.92. The minimum absolute atomic E-state index is 0.497. The zero-order valence-electron chi connectivity index (χ0n) is 9.85. The highest BCUT2D eigenvalue weighted by Gasteiger charge is 2.25. The lowest BCUT2D eigenvalue weighted by atomic mass is 10.2. The predicted octanol–water partition coefficient (Wildman–Crippen LogP) is 1.90. The van der Waals surface area contributed by atoms with Crippen LogP contribution < -0.4 is 10.6 Å². The predicted molar refractivity (Wildman–Crippen MR) is 79.4 cm³/mol. The van der Waals surface area contributed by atoms with E-state index < -0.39 is 24.1 Å². The molecule has 0 fully saturated rings. The second-order valence-corrected chi connectivity index (χ2v) is 5.38. The molecule has 4 N–H and O–H groups in total. The number of amides is 2. The van der Waals surface area contributed by atoms with E-state index in [9.17, 15) is 14.7 Å². The van der Waals surface area contributed by atoms with Gasteiger partial charge in [-0.15, -0.1) is 0 Å². The van der Waals surface area contributed by atoms with Crippen LogP contribution in [-0.2, 0) is 4.79 Å². The Labute approximate surface area is 128 Å². The molecule has 2 amide bonds. The SMILES string of the molecule is CC(O)C(NC(=O)Nc1ccc(Cl)cc1I)C(=O)O. The largest absolute Gasteiger partial charge is 0.480 e. The summed E-state index contributed by atoms with van der Waals surface area (Å²) in [6, 6.07) is 2.77. The molecule has 1 aromatic carbocycles. The first-order chi connectivity index (χ1) is 8.81. The number of aliphatic carboxylic acids is 1. The van der Waals surface area contributed by atoms with Crippen molar-refractivity contribution < 1.29 is 19.8 Å². The summed E-state index contributed by atoms with van der Waals surface area (Å²) in [7, 11) is 0. The van der Waals surface area contributed by atoms with Crippen molar-refractivity contribution >= 4 is 51.9 Å². The van der Waals surface area contributed by atoms with Gasteiger partial charge >= 0.3 is 12.0 Å². The number of carbonyl (C=O) groups is 2. The first-order valence-corrected chi connectivity index (χ1v) is 6.70. The first kappa shape index (κ1) is 16.0. The molecule has 1 rings (SSSR count). The quantitative estimate of drug-likeness (QED) is 0.582. The maximum atomic E-state index is 11.6. The molecular formula is C11H12ClIN2O4. The molecule has 6 nitrogen and oxygen atoms in total. The van der Waals surface area contributed by atoms with Crippen LogP contribution in [0.2, 0.25) is 5.02 Å². The lowest BCUT2D eigenvalue weighted by Gasteiger charge is -2.17. The maximum absolute atomic E-state index is 11.6. The molecular weight excluding hydrogens is 386 g/mol. The number of rotatable bonds is 4. The Kier molecular flexibility index (Phi) is 5.83. The summed E-state index contributed by atoms with van der Waals surface area (Å²) in [5.74, 6) is -1.31. The van der Waals surface area contributed by atoms with Gasteiger partial charge in [-0.2, -0.15) is 0 Å². The molecule has 8 heteroatoms. The molecule has 0 saturated carbocycles.